The van der Waals surface area contributed by atoms with Crippen LogP contribution in [0.15, 0.2) is 37.0 Å². The Bertz CT molecular complexity index is 160. The summed E-state index contributed by atoms with van der Waals surface area (Å²) in [4.78, 5) is 0.993. The topological polar surface area (TPSA) is 0 Å². The Kier molecular flexibility index (Phi) is 3.42. The summed E-state index contributed by atoms with van der Waals surface area (Å²) in [7, 11) is 6.13. The molecule has 0 heterocycles. The van der Waals surface area contributed by atoms with Crippen molar-refractivity contribution in [1.82, 2.24) is 0 Å². The van der Waals surface area contributed by atoms with Crippen molar-refractivity contribution in [2.24, 2.45) is 0 Å². The summed E-state index contributed by atoms with van der Waals surface area (Å²) in [5.74, 6) is 0. The average molecular weight is 248 g/mol. The maximum absolute atomic E-state index is 6.13. The third-order valence-corrected chi connectivity index (χ3v) is 5.42. The van der Waals surface area contributed by atoms with E-state index in [-0.39, 0.29) is 0 Å². The Labute approximate surface area is 71.5 Å². The molecule has 0 fully saturated rings. The fourth-order valence-corrected chi connectivity index (χ4v) is 3.50. The fourth-order valence-electron chi connectivity index (χ4n) is 0.696. The van der Waals surface area contributed by atoms with E-state index in [0.717, 1.165) is 4.89 Å². The molecule has 0 saturated carbocycles. The number of hydrogen-bond donors (Lipinski definition) is 0. The quantitative estimate of drug-likeness (QED) is 0.531. The van der Waals surface area contributed by atoms with Crippen LogP contribution in [-0.2, 0) is 15.7 Å². The van der Waals surface area contributed by atoms with Crippen molar-refractivity contribution in [2.75, 3.05) is 0 Å². The minimum absolute atomic E-state index is 0.533. The third-order valence-electron chi connectivity index (χ3n) is 1.12. The first-order valence-electron chi connectivity index (χ1n) is 3.01. The van der Waals surface area contributed by atoms with Gasteiger partial charge in [0.25, 0.3) is 0 Å². The zero-order chi connectivity index (χ0) is 7.40. The van der Waals surface area contributed by atoms with Gasteiger partial charge in [0.15, 0.2) is 0 Å². The van der Waals surface area contributed by atoms with Crippen LogP contribution in [0.3, 0.4) is 0 Å². The van der Waals surface area contributed by atoms with Gasteiger partial charge < -0.3 is 0 Å². The van der Waals surface area contributed by atoms with Gasteiger partial charge in [0.05, 0.1) is 0 Å². The monoisotopic (exact) mass is 247 g/mol. The van der Waals surface area contributed by atoms with Gasteiger partial charge in [-0.05, 0) is 0 Å². The molecule has 0 saturated heterocycles. The van der Waals surface area contributed by atoms with Crippen molar-refractivity contribution in [3.63, 3.8) is 0 Å². The molecule has 0 aromatic rings. The molecule has 0 radical (unpaired) electrons. The molecule has 0 atom stereocenters. The minimum atomic E-state index is -0.872. The van der Waals surface area contributed by atoms with E-state index in [2.05, 4.69) is 30.9 Å². The normalized spacial score (nSPS) is 17.9. The van der Waals surface area contributed by atoms with Crippen molar-refractivity contribution >= 4 is 9.53 Å². The van der Waals surface area contributed by atoms with Crippen LogP contribution < -0.4 is 0 Å². The number of rotatable bonds is 3. The molecule has 2 heteroatoms. The fraction of sp³-hybridized carbons (Fsp3) is 0.250. The second-order valence-electron chi connectivity index (χ2n) is 1.87. The van der Waals surface area contributed by atoms with Crippen LogP contribution in [0.1, 0.15) is 0 Å². The van der Waals surface area contributed by atoms with Crippen molar-refractivity contribution in [1.29, 1.82) is 0 Å². The van der Waals surface area contributed by atoms with E-state index < -0.39 is 15.7 Å². The van der Waals surface area contributed by atoms with Gasteiger partial charge in [0.2, 0.25) is 0 Å². The number of hydrogen-bond acceptors (Lipinski definition) is 0. The first-order chi connectivity index (χ1) is 4.84. The molecule has 1 aliphatic carbocycles. The van der Waals surface area contributed by atoms with Crippen molar-refractivity contribution < 1.29 is 15.7 Å². The van der Waals surface area contributed by atoms with Gasteiger partial charge in [0, 0.05) is 0 Å². The average Bonchev–Trinajstić information content (AvgIpc) is 2.38. The molecule has 60 valence electrons. The van der Waals surface area contributed by atoms with Crippen LogP contribution in [0.4, 0.5) is 0 Å². The van der Waals surface area contributed by atoms with Gasteiger partial charge in [0.1, 0.15) is 0 Å². The number of allylic oxidation sites excluding steroid dienone is 5. The molecule has 0 amide bonds. The van der Waals surface area contributed by atoms with E-state index in [4.69, 9.17) is 9.53 Å². The van der Waals surface area contributed by atoms with Crippen LogP contribution in [0.5, 0.6) is 0 Å². The maximum atomic E-state index is 6.13. The summed E-state index contributed by atoms with van der Waals surface area (Å²) in [6.45, 7) is 3.67. The summed E-state index contributed by atoms with van der Waals surface area (Å²) in [5.41, 5.74) is 0. The molecule has 0 bridgehead atoms. The molecule has 0 aromatic heterocycles. The van der Waals surface area contributed by atoms with Gasteiger partial charge >= 0.3 is 71.5 Å². The molecule has 0 unspecified atom stereocenters. The summed E-state index contributed by atoms with van der Waals surface area (Å²) < 4.78 is 0.533. The van der Waals surface area contributed by atoms with Crippen LogP contribution in [-0.4, -0.2) is 0 Å². The standard InChI is InChI=1S/C5H5.C3H5.ClH.Pd/c1-2-4-5-3-1;1-3-2;;/h1-5H;3H,1-2H2;1H;/p-1. The van der Waals surface area contributed by atoms with Crippen molar-refractivity contribution in [3.8, 4) is 0 Å². The first kappa shape index (κ1) is 8.27. The van der Waals surface area contributed by atoms with Crippen LogP contribution >= 0.6 is 9.53 Å². The second-order valence-corrected chi connectivity index (χ2v) is 6.75. The van der Waals surface area contributed by atoms with Crippen molar-refractivity contribution in [3.05, 3.63) is 37.0 Å². The van der Waals surface area contributed by atoms with Crippen LogP contribution in [0.25, 0.3) is 0 Å². The predicted molar refractivity (Wildman–Crippen MR) is 42.9 cm³/mol. The summed E-state index contributed by atoms with van der Waals surface area (Å²) in [5, 5.41) is 0. The van der Waals surface area contributed by atoms with E-state index in [9.17, 15) is 0 Å². The molecular weight excluding hydrogens is 238 g/mol. The molecule has 0 nitrogen and oxygen atoms in total. The zero-order valence-corrected chi connectivity index (χ0v) is 7.88. The molecule has 0 aliphatic heterocycles. The summed E-state index contributed by atoms with van der Waals surface area (Å²) >= 11 is -0.872. The summed E-state index contributed by atoms with van der Waals surface area (Å²) in [6, 6.07) is 0. The Balaban J connectivity index is 2.40. The van der Waals surface area contributed by atoms with Gasteiger partial charge in [-0.3, -0.25) is 0 Å². The van der Waals surface area contributed by atoms with Crippen LogP contribution in [0.2, 0.25) is 9.28 Å². The van der Waals surface area contributed by atoms with Gasteiger partial charge in [-0.1, -0.05) is 0 Å². The second kappa shape index (κ2) is 4.13. The van der Waals surface area contributed by atoms with E-state index in [0.29, 0.717) is 4.39 Å². The van der Waals surface area contributed by atoms with Crippen LogP contribution in [0, 0.1) is 0 Å². The molecule has 1 rings (SSSR count). The van der Waals surface area contributed by atoms with E-state index >= 15 is 0 Å². The molecule has 10 heavy (non-hydrogen) atoms. The first-order valence-corrected chi connectivity index (χ1v) is 7.01. The molecule has 0 N–H and O–H groups in total. The molecule has 0 spiro atoms. The SMILES string of the molecule is C=C[CH2][Pd-]([Cl])[CH]1C=CC=C1. The predicted octanol–water partition coefficient (Wildman–Crippen LogP) is 3.28. The van der Waals surface area contributed by atoms with Crippen molar-refractivity contribution in [2.45, 2.75) is 9.28 Å². The van der Waals surface area contributed by atoms with E-state index in [1.54, 1.807) is 0 Å². The third kappa shape index (κ3) is 2.09. The summed E-state index contributed by atoms with van der Waals surface area (Å²) in [6.07, 6.45) is 10.4. The molecule has 0 aromatic carbocycles. The van der Waals surface area contributed by atoms with Gasteiger partial charge in [-0.2, -0.15) is 0 Å². The Hall–Kier alpha value is 0.172. The Morgan fingerprint density at radius 2 is 2.10 bits per heavy atom. The van der Waals surface area contributed by atoms with E-state index in [1.807, 2.05) is 6.08 Å². The molecular formula is C8H10ClPd-. The molecule has 1 aliphatic rings. The number of halogens is 1. The van der Waals surface area contributed by atoms with Gasteiger partial charge in [-0.25, -0.2) is 0 Å². The van der Waals surface area contributed by atoms with E-state index in [1.165, 1.54) is 0 Å². The zero-order valence-electron chi connectivity index (χ0n) is 5.57. The Morgan fingerprint density at radius 1 is 1.50 bits per heavy atom. The Morgan fingerprint density at radius 3 is 2.60 bits per heavy atom. The van der Waals surface area contributed by atoms with Gasteiger partial charge in [-0.15, -0.1) is 0 Å².